The Bertz CT molecular complexity index is 1700. The molecule has 10 nitrogen and oxygen atoms in total. The number of rotatable bonds is 11. The third kappa shape index (κ3) is 9.20. The van der Waals surface area contributed by atoms with E-state index in [9.17, 15) is 23.1 Å². The number of fused-ring (bicyclic) bond motifs is 1. The van der Waals surface area contributed by atoms with E-state index in [0.717, 1.165) is 24.8 Å². The van der Waals surface area contributed by atoms with E-state index in [1.165, 1.54) is 0 Å². The van der Waals surface area contributed by atoms with Gasteiger partial charge < -0.3 is 19.7 Å². The number of hydrogen-bond acceptors (Lipinski definition) is 6. The Kier molecular flexibility index (Phi) is 12.0. The third-order valence-corrected chi connectivity index (χ3v) is 9.78. The maximum atomic E-state index is 14.5. The summed E-state index contributed by atoms with van der Waals surface area (Å²) in [7, 11) is 0. The van der Waals surface area contributed by atoms with Gasteiger partial charge in [-0.3, -0.25) is 14.1 Å². The number of ether oxygens (including phenoxy) is 2. The van der Waals surface area contributed by atoms with Crippen LogP contribution in [0.1, 0.15) is 85.5 Å². The number of hydrogen-bond donors (Lipinski definition) is 3. The fraction of sp³-hybridized carbons (Fsp3) is 0.417. The summed E-state index contributed by atoms with van der Waals surface area (Å²) in [6, 6.07) is 18.1. The first-order chi connectivity index (χ1) is 23.3. The van der Waals surface area contributed by atoms with Gasteiger partial charge in [-0.05, 0) is 86.6 Å². The van der Waals surface area contributed by atoms with Gasteiger partial charge in [0, 0.05) is 34.7 Å². The van der Waals surface area contributed by atoms with Crippen LogP contribution < -0.4 is 14.8 Å². The molecule has 3 aromatic carbocycles. The second-order valence-corrected chi connectivity index (χ2v) is 15.0. The van der Waals surface area contributed by atoms with E-state index in [1.807, 2.05) is 6.07 Å². The number of nitrogens with one attached hydrogen (secondary N) is 2. The number of esters is 1. The van der Waals surface area contributed by atoms with Gasteiger partial charge in [-0.25, -0.2) is 13.7 Å². The van der Waals surface area contributed by atoms with Crippen molar-refractivity contribution in [3.8, 4) is 5.75 Å². The van der Waals surface area contributed by atoms with Gasteiger partial charge in [0.2, 0.25) is 17.2 Å². The summed E-state index contributed by atoms with van der Waals surface area (Å²) in [5.74, 6) is -1.47. The molecule has 2 unspecified atom stereocenters. The molecule has 2 amide bonds. The molecule has 5 atom stereocenters. The monoisotopic (exact) mass is 729 g/mol. The van der Waals surface area contributed by atoms with Gasteiger partial charge in [-0.2, -0.15) is 0 Å². The van der Waals surface area contributed by atoms with E-state index < -0.39 is 34.8 Å². The normalized spacial score (nSPS) is 21.4. The molecule has 1 heterocycles. The summed E-state index contributed by atoms with van der Waals surface area (Å²) in [4.78, 5) is 42.7. The lowest BCUT2D eigenvalue weighted by Gasteiger charge is -2.49. The molecule has 0 bridgehead atoms. The van der Waals surface area contributed by atoms with Crippen LogP contribution in [0.5, 0.6) is 5.75 Å². The molecule has 0 radical (unpaired) electrons. The van der Waals surface area contributed by atoms with Crippen LogP contribution in [0, 0.1) is 5.92 Å². The summed E-state index contributed by atoms with van der Waals surface area (Å²) in [6.45, 7) is 5.56. The average molecular weight is 731 g/mol. The average Bonchev–Trinajstić information content (AvgIpc) is 3.05. The topological polar surface area (TPSA) is 134 Å². The summed E-state index contributed by atoms with van der Waals surface area (Å²) >= 11 is 10.9. The van der Waals surface area contributed by atoms with Crippen LogP contribution in [0.15, 0.2) is 66.7 Å². The fourth-order valence-corrected chi connectivity index (χ4v) is 7.63. The molecule has 1 saturated carbocycles. The summed E-state index contributed by atoms with van der Waals surface area (Å²) < 4.78 is 34.6. The maximum absolute atomic E-state index is 14.5. The molecule has 1 aliphatic heterocycles. The van der Waals surface area contributed by atoms with Crippen molar-refractivity contribution in [3.63, 3.8) is 0 Å². The van der Waals surface area contributed by atoms with Crippen LogP contribution in [0.25, 0.3) is 0 Å². The van der Waals surface area contributed by atoms with Gasteiger partial charge in [0.25, 0.3) is 5.91 Å². The Balaban J connectivity index is 1.44. The molecule has 1 aliphatic carbocycles. The van der Waals surface area contributed by atoms with Crippen LogP contribution in [-0.2, 0) is 32.1 Å². The predicted octanol–water partition coefficient (Wildman–Crippen LogP) is 6.60. The molecule has 1 fully saturated rings. The minimum absolute atomic E-state index is 0.132. The Morgan fingerprint density at radius 3 is 2.41 bits per heavy atom. The number of nitrogens with zero attached hydrogens (tertiary/aromatic N) is 1. The first-order valence-corrected chi connectivity index (χ1v) is 18.1. The molecule has 5 rings (SSSR count). The van der Waals surface area contributed by atoms with Crippen LogP contribution in [0.3, 0.4) is 0 Å². The van der Waals surface area contributed by atoms with Crippen molar-refractivity contribution >= 4 is 52.3 Å². The third-order valence-electron chi connectivity index (χ3n) is 8.80. The summed E-state index contributed by atoms with van der Waals surface area (Å²) in [5, 5.41) is 3.83. The van der Waals surface area contributed by atoms with E-state index in [2.05, 4.69) is 10.0 Å². The minimum Gasteiger partial charge on any atom is -0.482 e. The number of benzene rings is 3. The van der Waals surface area contributed by atoms with Crippen molar-refractivity contribution in [1.29, 1.82) is 0 Å². The Labute approximate surface area is 299 Å². The second-order valence-electron chi connectivity index (χ2n) is 13.3. The van der Waals surface area contributed by atoms with E-state index in [1.54, 1.807) is 86.3 Å². The van der Waals surface area contributed by atoms with Crippen molar-refractivity contribution < 1.29 is 32.6 Å². The van der Waals surface area contributed by atoms with Crippen LogP contribution in [-0.4, -0.2) is 56.2 Å². The zero-order chi connectivity index (χ0) is 35.3. The van der Waals surface area contributed by atoms with Crippen LogP contribution >= 0.6 is 23.2 Å². The number of halogens is 2. The summed E-state index contributed by atoms with van der Waals surface area (Å²) in [5.41, 5.74) is 1.79. The van der Waals surface area contributed by atoms with E-state index >= 15 is 0 Å². The van der Waals surface area contributed by atoms with E-state index in [0.29, 0.717) is 38.9 Å². The molecule has 2 aliphatic rings. The Hall–Kier alpha value is -3.48. The van der Waals surface area contributed by atoms with Crippen LogP contribution in [0.2, 0.25) is 10.0 Å². The van der Waals surface area contributed by atoms with E-state index in [4.69, 9.17) is 32.7 Å². The standard InChI is InChI=1S/C36H41Cl2N3O7S/c1-36(2,3)48-31(42)21-47-25-15-12-22(13-16-25)19-39-34(43)32-26-9-5-6-10-27(26)35(44)41(33(32)28-17-14-24(37)18-29(28)38)30-11-7-4-8-23(30)20-40-49(45)46/h5-6,9-10,12-18,23,30,32-33,40H,4,7-8,11,19-21H2,1-3H3,(H,39,43)(H,45,46)/t23?,30-,32+,33-/m0/s1. The van der Waals surface area contributed by atoms with Crippen molar-refractivity contribution in [2.45, 2.75) is 76.6 Å². The maximum Gasteiger partial charge on any atom is 0.344 e. The Morgan fingerprint density at radius 1 is 1.00 bits per heavy atom. The van der Waals surface area contributed by atoms with Gasteiger partial charge in [0.1, 0.15) is 11.4 Å². The highest BCUT2D eigenvalue weighted by Gasteiger charge is 2.49. The highest BCUT2D eigenvalue weighted by molar-refractivity contribution is 7.77. The first kappa shape index (κ1) is 36.8. The Morgan fingerprint density at radius 2 is 1.71 bits per heavy atom. The molecule has 0 aromatic heterocycles. The SMILES string of the molecule is CC(C)(C)OC(=O)COc1ccc(CNC(=O)[C@@H]2c3ccccc3C(=O)N([C@H]3CCCCC3CNS(=O)O)[C@H]2c2ccc(Cl)cc2Cl)cc1. The second kappa shape index (κ2) is 16.0. The zero-order valence-corrected chi connectivity index (χ0v) is 29.9. The molecule has 3 N–H and O–H groups in total. The number of carbonyl (C=O) groups excluding carboxylic acids is 3. The lowest BCUT2D eigenvalue weighted by Crippen LogP contribution is -2.55. The quantitative estimate of drug-likeness (QED) is 0.150. The molecule has 0 spiro atoms. The fourth-order valence-electron chi connectivity index (χ4n) is 6.76. The molecular formula is C36H41Cl2N3O7S. The molecule has 13 heteroatoms. The van der Waals surface area contributed by atoms with Gasteiger partial charge >= 0.3 is 5.97 Å². The highest BCUT2D eigenvalue weighted by Crippen LogP contribution is 2.48. The molecule has 3 aromatic rings. The first-order valence-electron chi connectivity index (χ1n) is 16.2. The molecule has 0 saturated heterocycles. The zero-order valence-electron chi connectivity index (χ0n) is 27.6. The van der Waals surface area contributed by atoms with Gasteiger partial charge in [-0.1, -0.05) is 72.4 Å². The van der Waals surface area contributed by atoms with E-state index in [-0.39, 0.29) is 43.5 Å². The van der Waals surface area contributed by atoms with Crippen molar-refractivity contribution in [2.24, 2.45) is 5.92 Å². The van der Waals surface area contributed by atoms with Crippen molar-refractivity contribution in [1.82, 2.24) is 14.9 Å². The lowest BCUT2D eigenvalue weighted by atomic mass is 9.75. The predicted molar refractivity (Wildman–Crippen MR) is 189 cm³/mol. The van der Waals surface area contributed by atoms with Crippen molar-refractivity contribution in [3.05, 3.63) is 99.0 Å². The number of amides is 2. The van der Waals surface area contributed by atoms with Gasteiger partial charge in [0.15, 0.2) is 6.61 Å². The minimum atomic E-state index is -2.21. The largest absolute Gasteiger partial charge is 0.482 e. The molecule has 262 valence electrons. The number of carbonyl (C=O) groups is 3. The van der Waals surface area contributed by atoms with Crippen LogP contribution in [0.4, 0.5) is 0 Å². The smallest absolute Gasteiger partial charge is 0.344 e. The molecule has 49 heavy (non-hydrogen) atoms. The van der Waals surface area contributed by atoms with Gasteiger partial charge in [-0.15, -0.1) is 0 Å². The summed E-state index contributed by atoms with van der Waals surface area (Å²) in [6.07, 6.45) is 3.19. The van der Waals surface area contributed by atoms with Gasteiger partial charge in [0.05, 0.1) is 12.0 Å². The lowest BCUT2D eigenvalue weighted by molar-refractivity contribution is -0.157. The van der Waals surface area contributed by atoms with Crippen molar-refractivity contribution in [2.75, 3.05) is 13.2 Å². The molecular weight excluding hydrogens is 689 g/mol. The highest BCUT2D eigenvalue weighted by atomic mass is 35.5.